The molecule has 1 aliphatic rings. The molecule has 174 valence electrons. The van der Waals surface area contributed by atoms with Crippen molar-refractivity contribution in [2.75, 3.05) is 19.0 Å². The van der Waals surface area contributed by atoms with Gasteiger partial charge < -0.3 is 14.6 Å². The third-order valence-electron chi connectivity index (χ3n) is 6.57. The summed E-state index contributed by atoms with van der Waals surface area (Å²) >= 11 is 1.67. The summed E-state index contributed by atoms with van der Waals surface area (Å²) in [4.78, 5) is 16.5. The molecule has 0 aromatic carbocycles. The van der Waals surface area contributed by atoms with Gasteiger partial charge >= 0.3 is 0 Å². The van der Waals surface area contributed by atoms with Crippen LogP contribution in [-0.4, -0.2) is 49.1 Å². The maximum absolute atomic E-state index is 5.56. The number of hydrogen-bond donors (Lipinski definition) is 1. The van der Waals surface area contributed by atoms with Crippen LogP contribution in [0.1, 0.15) is 44.7 Å². The Labute approximate surface area is 198 Å². The molecule has 8 nitrogen and oxygen atoms in total. The summed E-state index contributed by atoms with van der Waals surface area (Å²) in [6.07, 6.45) is 9.50. The Morgan fingerprint density at radius 1 is 1.24 bits per heavy atom. The molecule has 33 heavy (non-hydrogen) atoms. The number of methoxy groups -OCH3 is 1. The van der Waals surface area contributed by atoms with Crippen molar-refractivity contribution in [1.82, 2.24) is 29.3 Å². The number of nitrogens with one attached hydrogen (secondary N) is 1. The van der Waals surface area contributed by atoms with E-state index in [1.807, 2.05) is 35.8 Å². The van der Waals surface area contributed by atoms with Gasteiger partial charge in [0, 0.05) is 45.3 Å². The van der Waals surface area contributed by atoms with E-state index in [0.717, 1.165) is 51.8 Å². The molecule has 0 radical (unpaired) electrons. The van der Waals surface area contributed by atoms with Crippen molar-refractivity contribution in [2.45, 2.75) is 52.2 Å². The number of aryl methyl sites for hydroxylation is 2. The highest BCUT2D eigenvalue weighted by Gasteiger charge is 2.26. The third kappa shape index (κ3) is 4.15. The van der Waals surface area contributed by atoms with Gasteiger partial charge in [-0.15, -0.1) is 11.3 Å². The van der Waals surface area contributed by atoms with Crippen molar-refractivity contribution in [3.05, 3.63) is 30.2 Å². The summed E-state index contributed by atoms with van der Waals surface area (Å²) in [7, 11) is 3.78. The van der Waals surface area contributed by atoms with E-state index in [2.05, 4.69) is 37.1 Å². The third-order valence-corrected chi connectivity index (χ3v) is 7.77. The largest absolute Gasteiger partial charge is 0.381 e. The van der Waals surface area contributed by atoms with Crippen LogP contribution in [0.5, 0.6) is 0 Å². The Kier molecular flexibility index (Phi) is 5.92. The van der Waals surface area contributed by atoms with Crippen molar-refractivity contribution in [1.29, 1.82) is 0 Å². The number of hydrogen-bond acceptors (Lipinski definition) is 7. The number of imidazole rings is 1. The van der Waals surface area contributed by atoms with E-state index in [1.165, 1.54) is 12.0 Å². The summed E-state index contributed by atoms with van der Waals surface area (Å²) in [6, 6.07) is 2.41. The zero-order valence-electron chi connectivity index (χ0n) is 19.9. The average Bonchev–Trinajstić information content (AvgIpc) is 3.58. The monoisotopic (exact) mass is 465 g/mol. The first-order chi connectivity index (χ1) is 15.9. The highest BCUT2D eigenvalue weighted by atomic mass is 32.1. The maximum atomic E-state index is 5.56. The van der Waals surface area contributed by atoms with Gasteiger partial charge in [0.05, 0.1) is 16.4 Å². The molecule has 0 unspecified atom stereocenters. The minimum atomic E-state index is 0.322. The lowest BCUT2D eigenvalue weighted by molar-refractivity contribution is 0.106. The Balaban J connectivity index is 1.56. The van der Waals surface area contributed by atoms with Crippen LogP contribution < -0.4 is 5.32 Å². The fourth-order valence-electron chi connectivity index (χ4n) is 4.61. The zero-order valence-corrected chi connectivity index (χ0v) is 20.7. The highest BCUT2D eigenvalue weighted by Crippen LogP contribution is 2.40. The first kappa shape index (κ1) is 22.0. The van der Waals surface area contributed by atoms with Crippen LogP contribution in [0.15, 0.2) is 24.7 Å². The molecular weight excluding hydrogens is 434 g/mol. The molecule has 4 heterocycles. The van der Waals surface area contributed by atoms with Crippen LogP contribution in [0.2, 0.25) is 0 Å². The molecule has 4 aromatic rings. The summed E-state index contributed by atoms with van der Waals surface area (Å²) < 4.78 is 9.51. The Bertz CT molecular complexity index is 1270. The molecule has 2 atom stereocenters. The fourth-order valence-corrected chi connectivity index (χ4v) is 5.75. The second kappa shape index (κ2) is 8.87. The van der Waals surface area contributed by atoms with Crippen molar-refractivity contribution in [3.63, 3.8) is 0 Å². The number of nitrogens with zero attached hydrogens (tertiary/aromatic N) is 6. The smallest absolute Gasteiger partial charge is 0.199 e. The number of rotatable bonds is 7. The van der Waals surface area contributed by atoms with Crippen molar-refractivity contribution in [3.8, 4) is 22.2 Å². The predicted octanol–water partition coefficient (Wildman–Crippen LogP) is 5.07. The lowest BCUT2D eigenvalue weighted by atomic mass is 10.1. The van der Waals surface area contributed by atoms with Gasteiger partial charge in [0.15, 0.2) is 11.6 Å². The average molecular weight is 466 g/mol. The molecule has 5 rings (SSSR count). The van der Waals surface area contributed by atoms with Gasteiger partial charge in [-0.05, 0) is 57.6 Å². The summed E-state index contributed by atoms with van der Waals surface area (Å²) in [6.45, 7) is 7.29. The lowest BCUT2D eigenvalue weighted by Crippen LogP contribution is -2.15. The molecule has 4 aromatic heterocycles. The minimum absolute atomic E-state index is 0.322. The minimum Gasteiger partial charge on any atom is -0.381 e. The first-order valence-corrected chi connectivity index (χ1v) is 12.4. The van der Waals surface area contributed by atoms with E-state index in [9.17, 15) is 0 Å². The van der Waals surface area contributed by atoms with Crippen LogP contribution >= 0.6 is 11.3 Å². The Morgan fingerprint density at radius 3 is 2.76 bits per heavy atom. The quantitative estimate of drug-likeness (QED) is 0.410. The molecule has 0 amide bonds. The topological polar surface area (TPSA) is 82.7 Å². The van der Waals surface area contributed by atoms with Crippen LogP contribution in [0.4, 0.5) is 5.82 Å². The Morgan fingerprint density at radius 2 is 2.09 bits per heavy atom. The van der Waals surface area contributed by atoms with Gasteiger partial charge in [-0.25, -0.2) is 15.0 Å². The SMILES string of the molecule is CO[C@H]1CC[C@@H](CNc2nc(-c3nccn3C)nc3sc(-c4ccn(C(C)C)n4)c(C)c23)C1. The van der Waals surface area contributed by atoms with E-state index in [-0.39, 0.29) is 0 Å². The molecule has 0 saturated heterocycles. The lowest BCUT2D eigenvalue weighted by Gasteiger charge is -2.14. The van der Waals surface area contributed by atoms with Crippen molar-refractivity contribution < 1.29 is 4.74 Å². The van der Waals surface area contributed by atoms with Crippen LogP contribution in [-0.2, 0) is 11.8 Å². The van der Waals surface area contributed by atoms with E-state index in [0.29, 0.717) is 23.9 Å². The molecule has 1 saturated carbocycles. The second-order valence-corrected chi connectivity index (χ2v) is 10.2. The molecule has 0 aliphatic heterocycles. The molecule has 1 N–H and O–H groups in total. The molecule has 0 spiro atoms. The molecule has 1 fully saturated rings. The number of aromatic nitrogens is 6. The number of thiophene rings is 1. The second-order valence-electron chi connectivity index (χ2n) is 9.19. The summed E-state index contributed by atoms with van der Waals surface area (Å²) in [5.74, 6) is 2.86. The van der Waals surface area contributed by atoms with Crippen LogP contribution in [0, 0.1) is 12.8 Å². The van der Waals surface area contributed by atoms with E-state index >= 15 is 0 Å². The van der Waals surface area contributed by atoms with Crippen molar-refractivity contribution >= 4 is 27.4 Å². The number of ether oxygens (including phenoxy) is 1. The molecule has 0 bridgehead atoms. The van der Waals surface area contributed by atoms with Crippen LogP contribution in [0.3, 0.4) is 0 Å². The molecule has 9 heteroatoms. The number of anilines is 1. The van der Waals surface area contributed by atoms with Crippen molar-refractivity contribution in [2.24, 2.45) is 13.0 Å². The summed E-state index contributed by atoms with van der Waals surface area (Å²) in [5, 5.41) is 9.55. The predicted molar refractivity (Wildman–Crippen MR) is 133 cm³/mol. The van der Waals surface area contributed by atoms with Gasteiger partial charge in [-0.1, -0.05) is 0 Å². The van der Waals surface area contributed by atoms with Gasteiger partial charge in [0.2, 0.25) is 0 Å². The molecule has 1 aliphatic carbocycles. The number of fused-ring (bicyclic) bond motifs is 1. The van der Waals surface area contributed by atoms with E-state index < -0.39 is 0 Å². The molecular formula is C24H31N7OS. The fraction of sp³-hybridized carbons (Fsp3) is 0.500. The van der Waals surface area contributed by atoms with Gasteiger partial charge in [0.1, 0.15) is 16.3 Å². The normalized spacial score (nSPS) is 18.6. The maximum Gasteiger partial charge on any atom is 0.199 e. The zero-order chi connectivity index (χ0) is 23.1. The summed E-state index contributed by atoms with van der Waals surface area (Å²) in [5.41, 5.74) is 2.14. The standard InChI is InChI=1S/C24H31N7OS/c1-14(2)31-10-8-18(29-31)20-15(3)19-21(26-13-16-6-7-17(12-16)32-5)27-22(28-24(19)33-20)23-25-9-11-30(23)4/h8-11,14,16-17H,6-7,12-13H2,1-5H3,(H,26,27,28)/t16-,17+/m1/s1. The van der Waals surface area contributed by atoms with E-state index in [1.54, 1.807) is 17.5 Å². The first-order valence-electron chi connectivity index (χ1n) is 11.6. The van der Waals surface area contributed by atoms with Gasteiger partial charge in [0.25, 0.3) is 0 Å². The van der Waals surface area contributed by atoms with E-state index in [4.69, 9.17) is 19.8 Å². The highest BCUT2D eigenvalue weighted by molar-refractivity contribution is 7.22. The van der Waals surface area contributed by atoms with Gasteiger partial charge in [-0.3, -0.25) is 4.68 Å². The van der Waals surface area contributed by atoms with Crippen LogP contribution in [0.25, 0.3) is 32.4 Å². The van der Waals surface area contributed by atoms with Gasteiger partial charge in [-0.2, -0.15) is 5.10 Å². The Hall–Kier alpha value is -2.78.